The van der Waals surface area contributed by atoms with Crippen LogP contribution in [0.4, 0.5) is 0 Å². The number of carbonyl (C=O) groups is 3. The van der Waals surface area contributed by atoms with Gasteiger partial charge in [-0.3, -0.25) is 9.59 Å². The number of allylic oxidation sites excluding steroid dienone is 24. The molecule has 2 atom stereocenters. The molecule has 2 unspecified atom stereocenters. The maximum absolute atomic E-state index is 12.9. The van der Waals surface area contributed by atoms with Crippen LogP contribution in [0.25, 0.3) is 0 Å². The third-order valence-electron chi connectivity index (χ3n) is 12.6. The van der Waals surface area contributed by atoms with Gasteiger partial charge in [-0.2, -0.15) is 0 Å². The number of carbonyl (C=O) groups excluding carboxylic acids is 3. The topological polar surface area (TPSA) is 111 Å². The monoisotopic (exact) mass is 1100 g/mol. The molecule has 9 heteroatoms. The molecule has 9 nitrogen and oxygen atoms in total. The van der Waals surface area contributed by atoms with Gasteiger partial charge in [0.2, 0.25) is 0 Å². The Balaban J connectivity index is 4.30. The van der Waals surface area contributed by atoms with E-state index in [2.05, 4.69) is 160 Å². The van der Waals surface area contributed by atoms with Crippen molar-refractivity contribution in [1.29, 1.82) is 0 Å². The van der Waals surface area contributed by atoms with Gasteiger partial charge in [-0.15, -0.1) is 0 Å². The number of ether oxygens (including phenoxy) is 4. The van der Waals surface area contributed by atoms with Crippen LogP contribution in [0.15, 0.2) is 146 Å². The zero-order valence-electron chi connectivity index (χ0n) is 50.7. The first-order valence-corrected chi connectivity index (χ1v) is 31.0. The van der Waals surface area contributed by atoms with Gasteiger partial charge in [0, 0.05) is 12.8 Å². The van der Waals surface area contributed by atoms with Crippen molar-refractivity contribution in [3.8, 4) is 0 Å². The first-order chi connectivity index (χ1) is 38.6. The van der Waals surface area contributed by atoms with Crippen molar-refractivity contribution in [2.24, 2.45) is 0 Å². The summed E-state index contributed by atoms with van der Waals surface area (Å²) in [6.45, 7) is 4.48. The lowest BCUT2D eigenvalue weighted by Gasteiger charge is -2.26. The summed E-state index contributed by atoms with van der Waals surface area (Å²) in [5, 5.41) is 11.8. The lowest BCUT2D eigenvalue weighted by atomic mass is 10.0. The Bertz CT molecular complexity index is 1800. The Hall–Kier alpha value is -4.83. The molecule has 0 saturated heterocycles. The van der Waals surface area contributed by atoms with Crippen LogP contribution in [0, 0.1) is 0 Å². The van der Waals surface area contributed by atoms with Crippen molar-refractivity contribution in [2.45, 2.75) is 232 Å². The number of unbranched alkanes of at least 4 members (excludes halogenated alkanes) is 16. The lowest BCUT2D eigenvalue weighted by Crippen LogP contribution is -2.44. The highest BCUT2D eigenvalue weighted by Crippen LogP contribution is 2.15. The number of carboxylic acid groups (broad SMARTS) is 1. The summed E-state index contributed by atoms with van der Waals surface area (Å²) in [5.41, 5.74) is 0. The number of hydrogen-bond donors (Lipinski definition) is 0. The van der Waals surface area contributed by atoms with Crippen molar-refractivity contribution >= 4 is 17.9 Å². The van der Waals surface area contributed by atoms with E-state index in [1.54, 1.807) is 0 Å². The van der Waals surface area contributed by atoms with Crippen molar-refractivity contribution in [2.75, 3.05) is 47.5 Å². The summed E-state index contributed by atoms with van der Waals surface area (Å²) < 4.78 is 22.7. The quantitative estimate of drug-likeness (QED) is 0.0195. The maximum Gasteiger partial charge on any atom is 0.306 e. The molecule has 0 aliphatic rings. The molecule has 0 fully saturated rings. The second kappa shape index (κ2) is 59.3. The zero-order valence-corrected chi connectivity index (χ0v) is 50.7. The van der Waals surface area contributed by atoms with E-state index in [-0.39, 0.29) is 38.6 Å². The molecule has 0 heterocycles. The minimum absolute atomic E-state index is 0.135. The molecular weight excluding hydrogens is 983 g/mol. The average Bonchev–Trinajstić information content (AvgIpc) is 3.42. The minimum Gasteiger partial charge on any atom is -0.545 e. The van der Waals surface area contributed by atoms with Crippen LogP contribution < -0.4 is 5.11 Å². The summed E-state index contributed by atoms with van der Waals surface area (Å²) in [4.78, 5) is 37.4. The first-order valence-electron chi connectivity index (χ1n) is 31.0. The molecule has 0 amide bonds. The molecule has 446 valence electrons. The minimum atomic E-state index is -1.64. The van der Waals surface area contributed by atoms with Crippen molar-refractivity contribution in [3.63, 3.8) is 0 Å². The van der Waals surface area contributed by atoms with Crippen LogP contribution >= 0.6 is 0 Å². The molecule has 0 spiro atoms. The second-order valence-corrected chi connectivity index (χ2v) is 21.2. The van der Waals surface area contributed by atoms with Crippen molar-refractivity contribution in [1.82, 2.24) is 0 Å². The number of quaternary nitrogens is 1. The van der Waals surface area contributed by atoms with Gasteiger partial charge in [-0.25, -0.2) is 0 Å². The van der Waals surface area contributed by atoms with Crippen LogP contribution in [-0.4, -0.2) is 82.3 Å². The summed E-state index contributed by atoms with van der Waals surface area (Å²) in [6.07, 6.45) is 83.2. The Labute approximate surface area is 483 Å². The Morgan fingerprint density at radius 1 is 0.380 bits per heavy atom. The van der Waals surface area contributed by atoms with Crippen molar-refractivity contribution in [3.05, 3.63) is 146 Å². The number of hydrogen-bond acceptors (Lipinski definition) is 8. The molecule has 0 aliphatic heterocycles. The molecule has 0 aromatic heterocycles. The van der Waals surface area contributed by atoms with E-state index in [0.717, 1.165) is 141 Å². The highest BCUT2D eigenvalue weighted by Gasteiger charge is 2.22. The highest BCUT2D eigenvalue weighted by molar-refractivity contribution is 5.70. The van der Waals surface area contributed by atoms with Crippen LogP contribution in [0.3, 0.4) is 0 Å². The summed E-state index contributed by atoms with van der Waals surface area (Å²) in [5.74, 6) is -2.33. The third kappa shape index (κ3) is 60.7. The van der Waals surface area contributed by atoms with Gasteiger partial charge in [0.25, 0.3) is 0 Å². The SMILES string of the molecule is CC/C=C\C/C=C\C/C=C\C/C=C\C/C=C\C/C=C\C/C=C\CCCCCCCC(=O)OC(COC(=O)CCCCCCCCCCCCC/C=C\C/C=C\C/C=C\C/C=C\C/C=C\CC)COC(OCC[N+](C)(C)C)C(=O)[O-]. The number of rotatable bonds is 55. The molecule has 0 aliphatic carbocycles. The van der Waals surface area contributed by atoms with Gasteiger partial charge >= 0.3 is 11.9 Å². The van der Waals surface area contributed by atoms with E-state index in [9.17, 15) is 19.5 Å². The van der Waals surface area contributed by atoms with E-state index in [0.29, 0.717) is 17.4 Å². The van der Waals surface area contributed by atoms with Gasteiger partial charge in [-0.1, -0.05) is 237 Å². The van der Waals surface area contributed by atoms with Crippen molar-refractivity contribution < 1.29 is 42.9 Å². The molecule has 0 aromatic rings. The Morgan fingerprint density at radius 2 is 0.684 bits per heavy atom. The Morgan fingerprint density at radius 3 is 1.01 bits per heavy atom. The molecule has 79 heavy (non-hydrogen) atoms. The van der Waals surface area contributed by atoms with E-state index in [1.807, 2.05) is 21.1 Å². The smallest absolute Gasteiger partial charge is 0.306 e. The molecule has 0 bridgehead atoms. The fourth-order valence-corrected chi connectivity index (χ4v) is 7.90. The number of carboxylic acids is 1. The van der Waals surface area contributed by atoms with E-state index >= 15 is 0 Å². The summed E-state index contributed by atoms with van der Waals surface area (Å²) >= 11 is 0. The number of esters is 2. The van der Waals surface area contributed by atoms with E-state index < -0.39 is 24.3 Å². The maximum atomic E-state index is 12.9. The van der Waals surface area contributed by atoms with E-state index in [1.165, 1.54) is 44.9 Å². The molecule has 0 rings (SSSR count). The normalized spacial score (nSPS) is 13.8. The third-order valence-corrected chi connectivity index (χ3v) is 12.6. The van der Waals surface area contributed by atoms with Gasteiger partial charge in [0.15, 0.2) is 12.4 Å². The van der Waals surface area contributed by atoms with Crippen LogP contribution in [-0.2, 0) is 33.3 Å². The van der Waals surface area contributed by atoms with Crippen LogP contribution in [0.1, 0.15) is 219 Å². The van der Waals surface area contributed by atoms with Crippen LogP contribution in [0.5, 0.6) is 0 Å². The first kappa shape index (κ1) is 74.2. The molecule has 0 saturated carbocycles. The number of aliphatic carboxylic acids is 1. The standard InChI is InChI=1S/C70H113NO8/c1-6-8-10-12-14-16-18-20-22-24-26-28-30-32-34-36-38-40-42-44-46-48-50-52-54-56-58-60-67(72)77-64-66(65-78-70(69(74)75)76-63-62-71(3,4)5)79-68(73)61-59-57-55-53-51-49-47-45-43-41-39-37-35-33-31-29-27-25-23-21-19-17-15-13-11-9-7-2/h8-11,14-17,20-23,26-29,32-35,39,41,45,47,66,70H,6-7,12-13,18-19,24-25,30-31,36-38,40,42-44,46,48-65H2,1-5H3/b10-8-,11-9-,16-14-,17-15-,22-20-,23-21-,28-26-,29-27-,34-32-,35-33-,41-39-,47-45-. The fourth-order valence-electron chi connectivity index (χ4n) is 7.90. The predicted molar refractivity (Wildman–Crippen MR) is 333 cm³/mol. The van der Waals surface area contributed by atoms with Gasteiger partial charge in [-0.05, 0) is 116 Å². The largest absolute Gasteiger partial charge is 0.545 e. The van der Waals surface area contributed by atoms with Crippen LogP contribution in [0.2, 0.25) is 0 Å². The lowest BCUT2D eigenvalue weighted by molar-refractivity contribution is -0.870. The average molecular weight is 1100 g/mol. The van der Waals surface area contributed by atoms with Gasteiger partial charge in [0.05, 0.1) is 40.3 Å². The molecule has 0 radical (unpaired) electrons. The zero-order chi connectivity index (χ0) is 57.6. The second-order valence-electron chi connectivity index (χ2n) is 21.2. The highest BCUT2D eigenvalue weighted by atomic mass is 16.7. The molecular formula is C70H113NO8. The molecule has 0 N–H and O–H groups in total. The Kier molecular flexibility index (Phi) is 55.7. The molecule has 0 aromatic carbocycles. The number of nitrogens with zero attached hydrogens (tertiary/aromatic N) is 1. The van der Waals surface area contributed by atoms with Gasteiger partial charge in [0.1, 0.15) is 13.2 Å². The van der Waals surface area contributed by atoms with Gasteiger partial charge < -0.3 is 33.3 Å². The number of likely N-dealkylation sites (N-methyl/N-ethyl adjacent to an activating group) is 1. The van der Waals surface area contributed by atoms with E-state index in [4.69, 9.17) is 18.9 Å². The summed E-state index contributed by atoms with van der Waals surface area (Å²) in [7, 11) is 5.90. The fraction of sp³-hybridized carbons (Fsp3) is 0.614. The summed E-state index contributed by atoms with van der Waals surface area (Å²) in [6, 6.07) is 0. The predicted octanol–water partition coefficient (Wildman–Crippen LogP) is 17.5.